The Balaban J connectivity index is 1.43. The molecule has 0 radical (unpaired) electrons. The molecule has 1 aromatic carbocycles. The number of rotatable bonds is 6. The number of hydrogen-bond acceptors (Lipinski definition) is 8. The Bertz CT molecular complexity index is 1080. The van der Waals surface area contributed by atoms with Crippen LogP contribution in [0.2, 0.25) is 5.15 Å². The number of aromatic nitrogens is 4. The molecular formula is C21H21ClN4O5. The van der Waals surface area contributed by atoms with E-state index in [0.29, 0.717) is 24.4 Å². The number of ether oxygens (including phenoxy) is 4. The standard InChI is InChI=1S/C21H21ClN4O5/c1-12(27)28-8-14-17-18(29-7-13-5-3-2-4-6-13)15(9-30-17)31-21(14)26-11-25-16-19(22)23-10-24-20(16)26/h2-6,10-11,14-15,17-18,21H,7-9H2,1H3/t14-,15-,17?,18-,21-/m1/s1. The Morgan fingerprint density at radius 3 is 2.90 bits per heavy atom. The number of hydrogen-bond donors (Lipinski definition) is 0. The van der Waals surface area contributed by atoms with E-state index in [4.69, 9.17) is 30.5 Å². The summed E-state index contributed by atoms with van der Waals surface area (Å²) in [6, 6.07) is 9.92. The van der Waals surface area contributed by atoms with Crippen molar-refractivity contribution < 1.29 is 23.7 Å². The van der Waals surface area contributed by atoms with Gasteiger partial charge in [0.1, 0.15) is 36.9 Å². The van der Waals surface area contributed by atoms with E-state index in [0.717, 1.165) is 5.56 Å². The third-order valence-electron chi connectivity index (χ3n) is 5.60. The molecule has 0 spiro atoms. The van der Waals surface area contributed by atoms with Gasteiger partial charge in [0.25, 0.3) is 0 Å². The van der Waals surface area contributed by atoms with Gasteiger partial charge in [-0.2, -0.15) is 0 Å². The maximum Gasteiger partial charge on any atom is 0.302 e. The molecule has 2 aromatic heterocycles. The second-order valence-corrected chi connectivity index (χ2v) is 7.94. The van der Waals surface area contributed by atoms with Gasteiger partial charge in [-0.05, 0) is 5.56 Å². The number of halogens is 1. The third-order valence-corrected chi connectivity index (χ3v) is 5.87. The molecule has 3 aromatic rings. The minimum atomic E-state index is -0.510. The summed E-state index contributed by atoms with van der Waals surface area (Å²) in [5.74, 6) is -0.698. The quantitative estimate of drug-likeness (QED) is 0.422. The van der Waals surface area contributed by atoms with E-state index in [1.807, 2.05) is 30.3 Å². The molecule has 0 N–H and O–H groups in total. The predicted molar refractivity (Wildman–Crippen MR) is 109 cm³/mol. The van der Waals surface area contributed by atoms with Crippen molar-refractivity contribution in [1.29, 1.82) is 0 Å². The molecule has 5 atom stereocenters. The van der Waals surface area contributed by atoms with Crippen LogP contribution in [-0.2, 0) is 30.3 Å². The van der Waals surface area contributed by atoms with Crippen LogP contribution in [0.25, 0.3) is 11.2 Å². The number of fused-ring (bicyclic) bond motifs is 3. The molecule has 31 heavy (non-hydrogen) atoms. The smallest absolute Gasteiger partial charge is 0.302 e. The molecule has 10 heteroatoms. The first kappa shape index (κ1) is 20.3. The fourth-order valence-corrected chi connectivity index (χ4v) is 4.35. The Morgan fingerprint density at radius 1 is 1.26 bits per heavy atom. The molecule has 0 aliphatic carbocycles. The topological polar surface area (TPSA) is 97.6 Å². The first-order valence-electron chi connectivity index (χ1n) is 10.0. The lowest BCUT2D eigenvalue weighted by Gasteiger charge is -2.40. The highest BCUT2D eigenvalue weighted by Crippen LogP contribution is 2.42. The molecule has 2 bridgehead atoms. The zero-order chi connectivity index (χ0) is 21.4. The van der Waals surface area contributed by atoms with E-state index in [1.54, 1.807) is 10.9 Å². The number of imidazole rings is 1. The highest BCUT2D eigenvalue weighted by Gasteiger charge is 2.53. The van der Waals surface area contributed by atoms with Gasteiger partial charge in [-0.15, -0.1) is 0 Å². The minimum Gasteiger partial charge on any atom is -0.465 e. The predicted octanol–water partition coefficient (Wildman–Crippen LogP) is 2.54. The van der Waals surface area contributed by atoms with Gasteiger partial charge < -0.3 is 18.9 Å². The van der Waals surface area contributed by atoms with Crippen molar-refractivity contribution in [3.05, 3.63) is 53.7 Å². The summed E-state index contributed by atoms with van der Waals surface area (Å²) in [6.45, 7) is 2.31. The summed E-state index contributed by atoms with van der Waals surface area (Å²) < 4.78 is 25.8. The van der Waals surface area contributed by atoms with Crippen molar-refractivity contribution in [3.63, 3.8) is 0 Å². The highest BCUT2D eigenvalue weighted by atomic mass is 35.5. The van der Waals surface area contributed by atoms with Crippen molar-refractivity contribution in [2.75, 3.05) is 13.2 Å². The lowest BCUT2D eigenvalue weighted by molar-refractivity contribution is -0.198. The summed E-state index contributed by atoms with van der Waals surface area (Å²) in [7, 11) is 0. The number of carbonyl (C=O) groups excluding carboxylic acids is 1. The van der Waals surface area contributed by atoms with E-state index >= 15 is 0 Å². The molecule has 162 valence electrons. The van der Waals surface area contributed by atoms with Crippen molar-refractivity contribution in [3.8, 4) is 0 Å². The molecule has 2 aliphatic rings. The summed E-state index contributed by atoms with van der Waals surface area (Å²) in [4.78, 5) is 24.2. The molecule has 0 amide bonds. The normalized spacial score (nSPS) is 27.5. The van der Waals surface area contributed by atoms with Gasteiger partial charge in [0.05, 0.1) is 31.6 Å². The largest absolute Gasteiger partial charge is 0.465 e. The number of benzene rings is 1. The molecule has 4 heterocycles. The molecule has 2 saturated heterocycles. The second kappa shape index (κ2) is 8.51. The SMILES string of the molecule is CC(=O)OC[C@@H]1C2OC[C@@H](O[C@H]1n1cnc3c(Cl)ncnc31)[C@H]2OCc1ccccc1. The first-order chi connectivity index (χ1) is 15.1. The minimum absolute atomic E-state index is 0.112. The highest BCUT2D eigenvalue weighted by molar-refractivity contribution is 6.33. The number of carbonyl (C=O) groups is 1. The molecule has 5 rings (SSSR count). The van der Waals surface area contributed by atoms with Crippen LogP contribution in [-0.4, -0.2) is 57.0 Å². The van der Waals surface area contributed by atoms with E-state index < -0.39 is 6.23 Å². The van der Waals surface area contributed by atoms with Crippen molar-refractivity contribution in [1.82, 2.24) is 19.5 Å². The van der Waals surface area contributed by atoms with Crippen LogP contribution in [0, 0.1) is 5.92 Å². The van der Waals surface area contributed by atoms with Crippen LogP contribution in [0.15, 0.2) is 43.0 Å². The molecular weight excluding hydrogens is 424 g/mol. The summed E-state index contributed by atoms with van der Waals surface area (Å²) in [6.07, 6.45) is 1.60. The van der Waals surface area contributed by atoms with Gasteiger partial charge in [-0.3, -0.25) is 9.36 Å². The van der Waals surface area contributed by atoms with Crippen LogP contribution < -0.4 is 0 Å². The average Bonchev–Trinajstić information content (AvgIpc) is 3.33. The zero-order valence-corrected chi connectivity index (χ0v) is 17.5. The molecule has 0 saturated carbocycles. The Labute approximate surface area is 183 Å². The van der Waals surface area contributed by atoms with Gasteiger partial charge in [0, 0.05) is 6.92 Å². The fourth-order valence-electron chi connectivity index (χ4n) is 4.17. The fraction of sp³-hybridized carbons (Fsp3) is 0.429. The van der Waals surface area contributed by atoms with Crippen LogP contribution in [0.5, 0.6) is 0 Å². The average molecular weight is 445 g/mol. The van der Waals surface area contributed by atoms with E-state index in [-0.39, 0.29) is 42.0 Å². The van der Waals surface area contributed by atoms with Crippen LogP contribution in [0.4, 0.5) is 0 Å². The molecule has 2 fully saturated rings. The van der Waals surface area contributed by atoms with Gasteiger partial charge in [0.2, 0.25) is 0 Å². The van der Waals surface area contributed by atoms with Gasteiger partial charge in [-0.25, -0.2) is 15.0 Å². The second-order valence-electron chi connectivity index (χ2n) is 7.58. The Hall–Kier alpha value is -2.59. The maximum atomic E-state index is 11.5. The molecule has 2 aliphatic heterocycles. The van der Waals surface area contributed by atoms with Crippen molar-refractivity contribution in [2.24, 2.45) is 5.92 Å². The summed E-state index contributed by atoms with van der Waals surface area (Å²) in [5, 5.41) is 0.263. The zero-order valence-electron chi connectivity index (χ0n) is 16.8. The van der Waals surface area contributed by atoms with Crippen molar-refractivity contribution in [2.45, 2.75) is 38.1 Å². The van der Waals surface area contributed by atoms with Crippen LogP contribution in [0.3, 0.4) is 0 Å². The van der Waals surface area contributed by atoms with Gasteiger partial charge in [0.15, 0.2) is 10.8 Å². The summed E-state index contributed by atoms with van der Waals surface area (Å²) in [5.41, 5.74) is 2.09. The monoisotopic (exact) mass is 444 g/mol. The van der Waals surface area contributed by atoms with Crippen molar-refractivity contribution >= 4 is 28.7 Å². The lowest BCUT2D eigenvalue weighted by Crippen LogP contribution is -2.50. The number of nitrogens with zero attached hydrogens (tertiary/aromatic N) is 4. The first-order valence-corrected chi connectivity index (χ1v) is 10.4. The Morgan fingerprint density at radius 2 is 2.10 bits per heavy atom. The molecule has 1 unspecified atom stereocenters. The van der Waals surface area contributed by atoms with E-state index in [1.165, 1.54) is 13.3 Å². The van der Waals surface area contributed by atoms with Gasteiger partial charge >= 0.3 is 5.97 Å². The van der Waals surface area contributed by atoms with Gasteiger partial charge in [-0.1, -0.05) is 41.9 Å². The Kier molecular flexibility index (Phi) is 5.58. The maximum absolute atomic E-state index is 11.5. The van der Waals surface area contributed by atoms with E-state index in [9.17, 15) is 4.79 Å². The third kappa shape index (κ3) is 3.89. The summed E-state index contributed by atoms with van der Waals surface area (Å²) >= 11 is 6.16. The molecule has 9 nitrogen and oxygen atoms in total. The number of esters is 1. The van der Waals surface area contributed by atoms with Crippen LogP contribution >= 0.6 is 11.6 Å². The van der Waals surface area contributed by atoms with E-state index in [2.05, 4.69) is 15.0 Å². The lowest BCUT2D eigenvalue weighted by atomic mass is 9.92. The van der Waals surface area contributed by atoms with Crippen LogP contribution in [0.1, 0.15) is 18.7 Å².